The molecule has 0 fully saturated rings. The summed E-state index contributed by atoms with van der Waals surface area (Å²) < 4.78 is 0. The van der Waals surface area contributed by atoms with Gasteiger partial charge in [-0.25, -0.2) is 0 Å². The second kappa shape index (κ2) is 6.35. The van der Waals surface area contributed by atoms with Crippen LogP contribution in [0.2, 0.25) is 0 Å². The van der Waals surface area contributed by atoms with E-state index in [0.717, 1.165) is 6.54 Å². The van der Waals surface area contributed by atoms with E-state index >= 15 is 0 Å². The van der Waals surface area contributed by atoms with Gasteiger partial charge in [0.25, 0.3) is 0 Å². The fourth-order valence-corrected chi connectivity index (χ4v) is 1.31. The molecular weight excluding hydrogens is 164 g/mol. The second-order valence-corrected chi connectivity index (χ2v) is 4.14. The van der Waals surface area contributed by atoms with Crippen LogP contribution in [-0.2, 0) is 0 Å². The molecule has 0 aromatic rings. The molecule has 2 atom stereocenters. The van der Waals surface area contributed by atoms with Gasteiger partial charge >= 0.3 is 0 Å². The molecule has 3 heteroatoms. The lowest BCUT2D eigenvalue weighted by molar-refractivity contribution is 0.0960. The zero-order valence-electron chi connectivity index (χ0n) is 9.54. The van der Waals surface area contributed by atoms with Crippen LogP contribution in [0.3, 0.4) is 0 Å². The molecule has 2 unspecified atom stereocenters. The van der Waals surface area contributed by atoms with Gasteiger partial charge in [-0.3, -0.25) is 0 Å². The van der Waals surface area contributed by atoms with Crippen LogP contribution >= 0.6 is 0 Å². The number of hydrogen-bond acceptors (Lipinski definition) is 3. The van der Waals surface area contributed by atoms with Gasteiger partial charge in [0.15, 0.2) is 0 Å². The summed E-state index contributed by atoms with van der Waals surface area (Å²) in [5.74, 6) is 0.631. The molecular formula is C10H24N2O. The second-order valence-electron chi connectivity index (χ2n) is 4.14. The highest BCUT2D eigenvalue weighted by Gasteiger charge is 2.15. The van der Waals surface area contributed by atoms with E-state index in [2.05, 4.69) is 38.0 Å². The normalized spacial score (nSPS) is 16.6. The minimum atomic E-state index is -0.267. The van der Waals surface area contributed by atoms with Crippen molar-refractivity contribution >= 4 is 0 Å². The number of nitrogens with zero attached hydrogens (tertiary/aromatic N) is 1. The number of aliphatic hydroxyl groups excluding tert-OH is 1. The molecule has 0 saturated heterocycles. The van der Waals surface area contributed by atoms with Gasteiger partial charge in [-0.2, -0.15) is 0 Å². The Balaban J connectivity index is 3.77. The third kappa shape index (κ3) is 5.24. The third-order valence-corrected chi connectivity index (χ3v) is 2.60. The first-order chi connectivity index (χ1) is 5.99. The Morgan fingerprint density at radius 2 is 1.85 bits per heavy atom. The minimum Gasteiger partial charge on any atom is -0.390 e. The van der Waals surface area contributed by atoms with Gasteiger partial charge in [-0.15, -0.1) is 0 Å². The van der Waals surface area contributed by atoms with Gasteiger partial charge in [-0.1, -0.05) is 13.8 Å². The Hall–Kier alpha value is -0.120. The molecule has 0 bridgehead atoms. The highest BCUT2D eigenvalue weighted by Crippen LogP contribution is 2.07. The lowest BCUT2D eigenvalue weighted by Gasteiger charge is -2.29. The Kier molecular flexibility index (Phi) is 6.29. The summed E-state index contributed by atoms with van der Waals surface area (Å²) in [7, 11) is 3.92. The monoisotopic (exact) mass is 188 g/mol. The van der Waals surface area contributed by atoms with E-state index in [1.165, 1.54) is 0 Å². The van der Waals surface area contributed by atoms with E-state index in [4.69, 9.17) is 0 Å². The predicted octanol–water partition coefficient (Wildman–Crippen LogP) is 0.543. The molecule has 13 heavy (non-hydrogen) atoms. The van der Waals surface area contributed by atoms with Gasteiger partial charge in [0.2, 0.25) is 0 Å². The Labute approximate surface area is 82.1 Å². The van der Waals surface area contributed by atoms with E-state index in [-0.39, 0.29) is 6.10 Å². The third-order valence-electron chi connectivity index (χ3n) is 2.60. The van der Waals surface area contributed by atoms with Crippen LogP contribution in [0.5, 0.6) is 0 Å². The lowest BCUT2D eigenvalue weighted by atomic mass is 10.1. The standard InChI is InChI=1S/C10H24N2O/c1-8(2)9(3)12(5)7-10(13)6-11-4/h8-11,13H,6-7H2,1-5H3. The van der Waals surface area contributed by atoms with Crippen LogP contribution in [-0.4, -0.2) is 49.3 Å². The number of hydrogen-bond donors (Lipinski definition) is 2. The van der Waals surface area contributed by atoms with E-state index < -0.39 is 0 Å². The zero-order valence-corrected chi connectivity index (χ0v) is 9.54. The molecule has 80 valence electrons. The first kappa shape index (κ1) is 12.9. The van der Waals surface area contributed by atoms with Crippen molar-refractivity contribution in [1.29, 1.82) is 0 Å². The van der Waals surface area contributed by atoms with Gasteiger partial charge in [0.05, 0.1) is 6.10 Å². The SMILES string of the molecule is CNCC(O)CN(C)C(C)C(C)C. The summed E-state index contributed by atoms with van der Waals surface area (Å²) in [5, 5.41) is 12.5. The summed E-state index contributed by atoms with van der Waals surface area (Å²) in [6, 6.07) is 0.520. The number of likely N-dealkylation sites (N-methyl/N-ethyl adjacent to an activating group) is 2. The first-order valence-electron chi connectivity index (χ1n) is 5.02. The van der Waals surface area contributed by atoms with Gasteiger partial charge in [-0.05, 0) is 26.9 Å². The molecule has 3 nitrogen and oxygen atoms in total. The fourth-order valence-electron chi connectivity index (χ4n) is 1.31. The molecule has 0 aliphatic heterocycles. The van der Waals surface area contributed by atoms with Gasteiger partial charge < -0.3 is 15.3 Å². The quantitative estimate of drug-likeness (QED) is 0.639. The molecule has 0 rings (SSSR count). The van der Waals surface area contributed by atoms with Crippen molar-refractivity contribution in [1.82, 2.24) is 10.2 Å². The van der Waals surface area contributed by atoms with Crippen molar-refractivity contribution in [3.63, 3.8) is 0 Å². The van der Waals surface area contributed by atoms with Crippen LogP contribution in [0.15, 0.2) is 0 Å². The van der Waals surface area contributed by atoms with E-state index in [1.807, 2.05) is 7.05 Å². The minimum absolute atomic E-state index is 0.267. The average Bonchev–Trinajstić information content (AvgIpc) is 2.03. The molecule has 0 aliphatic carbocycles. The average molecular weight is 188 g/mol. The summed E-state index contributed by atoms with van der Waals surface area (Å²) >= 11 is 0. The van der Waals surface area contributed by atoms with Crippen molar-refractivity contribution in [2.45, 2.75) is 32.9 Å². The molecule has 0 saturated carbocycles. The highest BCUT2D eigenvalue weighted by molar-refractivity contribution is 4.70. The smallest absolute Gasteiger partial charge is 0.0791 e. The molecule has 0 amide bonds. The summed E-state index contributed by atoms with van der Waals surface area (Å²) in [5.41, 5.74) is 0. The van der Waals surface area contributed by atoms with Crippen LogP contribution in [0, 0.1) is 5.92 Å². The molecule has 0 heterocycles. The zero-order chi connectivity index (χ0) is 10.4. The van der Waals surface area contributed by atoms with Gasteiger partial charge in [0, 0.05) is 19.1 Å². The molecule has 0 aliphatic rings. The largest absolute Gasteiger partial charge is 0.390 e. The molecule has 2 N–H and O–H groups in total. The molecule has 0 aromatic heterocycles. The fraction of sp³-hybridized carbons (Fsp3) is 1.00. The van der Waals surface area contributed by atoms with E-state index in [9.17, 15) is 5.11 Å². The predicted molar refractivity (Wildman–Crippen MR) is 56.9 cm³/mol. The number of rotatable bonds is 6. The van der Waals surface area contributed by atoms with E-state index in [1.54, 1.807) is 0 Å². The van der Waals surface area contributed by atoms with Crippen LogP contribution in [0.25, 0.3) is 0 Å². The van der Waals surface area contributed by atoms with Crippen molar-refractivity contribution in [3.05, 3.63) is 0 Å². The first-order valence-corrected chi connectivity index (χ1v) is 5.02. The summed E-state index contributed by atoms with van der Waals surface area (Å²) in [4.78, 5) is 2.20. The number of aliphatic hydroxyl groups is 1. The van der Waals surface area contributed by atoms with Gasteiger partial charge in [0.1, 0.15) is 0 Å². The van der Waals surface area contributed by atoms with Crippen molar-refractivity contribution in [2.24, 2.45) is 5.92 Å². The Bertz CT molecular complexity index is 128. The van der Waals surface area contributed by atoms with E-state index in [0.29, 0.717) is 18.5 Å². The maximum atomic E-state index is 9.55. The molecule has 0 aromatic carbocycles. The summed E-state index contributed by atoms with van der Waals surface area (Å²) in [6.07, 6.45) is -0.267. The number of nitrogens with one attached hydrogen (secondary N) is 1. The van der Waals surface area contributed by atoms with Crippen molar-refractivity contribution in [3.8, 4) is 0 Å². The van der Waals surface area contributed by atoms with Crippen molar-refractivity contribution < 1.29 is 5.11 Å². The Morgan fingerprint density at radius 1 is 1.31 bits per heavy atom. The molecule has 0 spiro atoms. The van der Waals surface area contributed by atoms with Crippen LogP contribution in [0.4, 0.5) is 0 Å². The lowest BCUT2D eigenvalue weighted by Crippen LogP contribution is -2.41. The van der Waals surface area contributed by atoms with Crippen molar-refractivity contribution in [2.75, 3.05) is 27.2 Å². The topological polar surface area (TPSA) is 35.5 Å². The maximum Gasteiger partial charge on any atom is 0.0791 e. The molecule has 0 radical (unpaired) electrons. The highest BCUT2D eigenvalue weighted by atomic mass is 16.3. The van der Waals surface area contributed by atoms with Crippen LogP contribution in [0.1, 0.15) is 20.8 Å². The Morgan fingerprint density at radius 3 is 2.23 bits per heavy atom. The maximum absolute atomic E-state index is 9.55. The van der Waals surface area contributed by atoms with Crippen LogP contribution < -0.4 is 5.32 Å². The summed E-state index contributed by atoms with van der Waals surface area (Å²) in [6.45, 7) is 7.99.